The first-order valence-electron chi connectivity index (χ1n) is 7.99. The minimum atomic E-state index is 0.139. The van der Waals surface area contributed by atoms with Gasteiger partial charge in [0.25, 0.3) is 0 Å². The van der Waals surface area contributed by atoms with Gasteiger partial charge < -0.3 is 14.2 Å². The Morgan fingerprint density at radius 2 is 2.14 bits per heavy atom. The molecule has 0 unspecified atom stereocenters. The van der Waals surface area contributed by atoms with Crippen LogP contribution < -0.4 is 0 Å². The number of imidazole rings is 1. The van der Waals surface area contributed by atoms with E-state index in [2.05, 4.69) is 65.0 Å². The molecule has 1 aromatic carbocycles. The molecule has 1 aliphatic rings. The molecule has 0 saturated carbocycles. The number of hydrogen-bond acceptors (Lipinski definition) is 3. The Bertz CT molecular complexity index is 587. The van der Waals surface area contributed by atoms with E-state index in [0.717, 1.165) is 45.1 Å². The second kappa shape index (κ2) is 6.63. The maximum Gasteiger partial charge on any atom is 0.105 e. The Hall–Kier alpha value is -1.65. The third-order valence-corrected chi connectivity index (χ3v) is 4.71. The summed E-state index contributed by atoms with van der Waals surface area (Å²) in [6.07, 6.45) is 5.02. The molecule has 2 aromatic rings. The summed E-state index contributed by atoms with van der Waals surface area (Å²) in [7, 11) is 2.20. The van der Waals surface area contributed by atoms with E-state index in [1.807, 2.05) is 6.20 Å². The van der Waals surface area contributed by atoms with Crippen LogP contribution in [0, 0.1) is 6.92 Å². The molecule has 0 bridgehead atoms. The van der Waals surface area contributed by atoms with Crippen molar-refractivity contribution in [3.05, 3.63) is 54.1 Å². The van der Waals surface area contributed by atoms with Crippen molar-refractivity contribution in [3.8, 4) is 0 Å². The summed E-state index contributed by atoms with van der Waals surface area (Å²) in [5, 5.41) is 0. The SMILES string of the molecule is Cc1nccn1CCN(C)C[C@]1(c2ccccc2)CCOC1. The number of rotatable bonds is 6. The smallest absolute Gasteiger partial charge is 0.105 e. The van der Waals surface area contributed by atoms with Gasteiger partial charge in [-0.3, -0.25) is 0 Å². The fraction of sp³-hybridized carbons (Fsp3) is 0.500. The summed E-state index contributed by atoms with van der Waals surface area (Å²) >= 11 is 0. The Balaban J connectivity index is 1.65. The molecule has 2 heterocycles. The van der Waals surface area contributed by atoms with Crippen molar-refractivity contribution in [1.29, 1.82) is 0 Å². The third-order valence-electron chi connectivity index (χ3n) is 4.71. The van der Waals surface area contributed by atoms with Gasteiger partial charge in [-0.2, -0.15) is 0 Å². The molecule has 22 heavy (non-hydrogen) atoms. The predicted molar refractivity (Wildman–Crippen MR) is 88.0 cm³/mol. The summed E-state index contributed by atoms with van der Waals surface area (Å²) in [6, 6.07) is 10.8. The highest BCUT2D eigenvalue weighted by molar-refractivity contribution is 5.27. The number of benzene rings is 1. The predicted octanol–water partition coefficient (Wildman–Crippen LogP) is 2.48. The number of hydrogen-bond donors (Lipinski definition) is 0. The highest BCUT2D eigenvalue weighted by atomic mass is 16.5. The number of aromatic nitrogens is 2. The molecular weight excluding hydrogens is 274 g/mol. The molecule has 0 spiro atoms. The standard InChI is InChI=1S/C18H25N3O/c1-16-19-9-10-21(16)12-11-20(2)14-18(8-13-22-15-18)17-6-4-3-5-7-17/h3-7,9-10H,8,11-15H2,1-2H3/t18-/m1/s1. The van der Waals surface area contributed by atoms with Crippen LogP contribution in [0.5, 0.6) is 0 Å². The second-order valence-corrected chi connectivity index (χ2v) is 6.35. The lowest BCUT2D eigenvalue weighted by atomic mass is 9.79. The molecule has 1 fully saturated rings. The number of nitrogens with zero attached hydrogens (tertiary/aromatic N) is 3. The lowest BCUT2D eigenvalue weighted by Crippen LogP contribution is -2.41. The van der Waals surface area contributed by atoms with Crippen molar-refractivity contribution >= 4 is 0 Å². The van der Waals surface area contributed by atoms with Gasteiger partial charge >= 0.3 is 0 Å². The molecule has 1 aromatic heterocycles. The first-order chi connectivity index (χ1) is 10.7. The molecule has 1 saturated heterocycles. The molecule has 118 valence electrons. The molecule has 0 N–H and O–H groups in total. The number of ether oxygens (including phenoxy) is 1. The summed E-state index contributed by atoms with van der Waals surface area (Å²) in [5.41, 5.74) is 1.54. The van der Waals surface area contributed by atoms with Crippen LogP contribution in [0.4, 0.5) is 0 Å². The first-order valence-corrected chi connectivity index (χ1v) is 7.99. The molecule has 1 atom stereocenters. The number of likely N-dealkylation sites (N-methyl/N-ethyl adjacent to an activating group) is 1. The molecule has 0 aliphatic carbocycles. The maximum atomic E-state index is 5.74. The average Bonchev–Trinajstić information content (AvgIpc) is 3.16. The molecular formula is C18H25N3O. The van der Waals surface area contributed by atoms with Crippen molar-refractivity contribution in [2.75, 3.05) is 33.4 Å². The first kappa shape index (κ1) is 15.3. The summed E-state index contributed by atoms with van der Waals surface area (Å²) in [6.45, 7) is 6.77. The molecule has 3 rings (SSSR count). The lowest BCUT2D eigenvalue weighted by molar-refractivity contribution is 0.158. The van der Waals surface area contributed by atoms with Gasteiger partial charge in [-0.1, -0.05) is 30.3 Å². The van der Waals surface area contributed by atoms with Crippen molar-refractivity contribution in [2.24, 2.45) is 0 Å². The summed E-state index contributed by atoms with van der Waals surface area (Å²) in [5.74, 6) is 1.08. The minimum Gasteiger partial charge on any atom is -0.380 e. The molecule has 4 heteroatoms. The van der Waals surface area contributed by atoms with E-state index < -0.39 is 0 Å². The number of aryl methyl sites for hydroxylation is 1. The summed E-state index contributed by atoms with van der Waals surface area (Å²) in [4.78, 5) is 6.70. The van der Waals surface area contributed by atoms with E-state index in [4.69, 9.17) is 4.74 Å². The van der Waals surface area contributed by atoms with Crippen molar-refractivity contribution in [2.45, 2.75) is 25.3 Å². The van der Waals surface area contributed by atoms with E-state index in [0.29, 0.717) is 0 Å². The average molecular weight is 299 g/mol. The van der Waals surface area contributed by atoms with Gasteiger partial charge in [0.2, 0.25) is 0 Å². The zero-order valence-electron chi connectivity index (χ0n) is 13.5. The Labute approximate surface area is 132 Å². The maximum absolute atomic E-state index is 5.74. The Morgan fingerprint density at radius 3 is 2.77 bits per heavy atom. The van der Waals surface area contributed by atoms with E-state index in [9.17, 15) is 0 Å². The Morgan fingerprint density at radius 1 is 1.32 bits per heavy atom. The minimum absolute atomic E-state index is 0.139. The van der Waals surface area contributed by atoms with E-state index >= 15 is 0 Å². The molecule has 0 amide bonds. The van der Waals surface area contributed by atoms with Crippen LogP contribution in [0.3, 0.4) is 0 Å². The van der Waals surface area contributed by atoms with Gasteiger partial charge in [-0.05, 0) is 26.0 Å². The van der Waals surface area contributed by atoms with Gasteiger partial charge in [0.1, 0.15) is 5.82 Å². The van der Waals surface area contributed by atoms with Gasteiger partial charge in [-0.15, -0.1) is 0 Å². The van der Waals surface area contributed by atoms with Crippen molar-refractivity contribution in [3.63, 3.8) is 0 Å². The molecule has 4 nitrogen and oxygen atoms in total. The quantitative estimate of drug-likeness (QED) is 0.821. The van der Waals surface area contributed by atoms with Crippen LogP contribution in [0.2, 0.25) is 0 Å². The van der Waals surface area contributed by atoms with Crippen LogP contribution >= 0.6 is 0 Å². The Kier molecular flexibility index (Phi) is 4.60. The highest BCUT2D eigenvalue weighted by Gasteiger charge is 2.37. The van der Waals surface area contributed by atoms with Crippen molar-refractivity contribution < 1.29 is 4.74 Å². The topological polar surface area (TPSA) is 30.3 Å². The zero-order valence-corrected chi connectivity index (χ0v) is 13.5. The van der Waals surface area contributed by atoms with Crippen LogP contribution in [0.25, 0.3) is 0 Å². The second-order valence-electron chi connectivity index (χ2n) is 6.35. The van der Waals surface area contributed by atoms with E-state index in [-0.39, 0.29) is 5.41 Å². The van der Waals surface area contributed by atoms with Crippen molar-refractivity contribution in [1.82, 2.24) is 14.5 Å². The fourth-order valence-corrected chi connectivity index (χ4v) is 3.36. The monoisotopic (exact) mass is 299 g/mol. The van der Waals surface area contributed by atoms with Gasteiger partial charge in [0.05, 0.1) is 6.61 Å². The lowest BCUT2D eigenvalue weighted by Gasteiger charge is -2.33. The van der Waals surface area contributed by atoms with E-state index in [1.165, 1.54) is 5.56 Å². The highest BCUT2D eigenvalue weighted by Crippen LogP contribution is 2.33. The van der Waals surface area contributed by atoms with Gasteiger partial charge in [0.15, 0.2) is 0 Å². The summed E-state index contributed by atoms with van der Waals surface area (Å²) < 4.78 is 7.95. The largest absolute Gasteiger partial charge is 0.380 e. The van der Waals surface area contributed by atoms with Gasteiger partial charge in [0, 0.05) is 44.0 Å². The van der Waals surface area contributed by atoms with E-state index in [1.54, 1.807) is 0 Å². The van der Waals surface area contributed by atoms with Crippen LogP contribution in [-0.4, -0.2) is 47.8 Å². The molecule has 0 radical (unpaired) electrons. The van der Waals surface area contributed by atoms with Crippen LogP contribution in [-0.2, 0) is 16.7 Å². The van der Waals surface area contributed by atoms with Crippen LogP contribution in [0.15, 0.2) is 42.7 Å². The molecule has 1 aliphatic heterocycles. The zero-order chi connectivity index (χ0) is 15.4. The van der Waals surface area contributed by atoms with Crippen LogP contribution in [0.1, 0.15) is 17.8 Å². The normalized spacial score (nSPS) is 21.6. The fourth-order valence-electron chi connectivity index (χ4n) is 3.36. The van der Waals surface area contributed by atoms with Gasteiger partial charge in [-0.25, -0.2) is 4.98 Å². The third kappa shape index (κ3) is 3.23.